The van der Waals surface area contributed by atoms with Crippen molar-refractivity contribution >= 4 is 5.95 Å². The number of aromatic nitrogens is 3. The van der Waals surface area contributed by atoms with E-state index in [1.807, 2.05) is 0 Å². The molecule has 0 unspecified atom stereocenters. The van der Waals surface area contributed by atoms with Gasteiger partial charge in [-0.2, -0.15) is 9.97 Å². The third-order valence-electron chi connectivity index (χ3n) is 3.23. The minimum Gasteiger partial charge on any atom is -0.467 e. The summed E-state index contributed by atoms with van der Waals surface area (Å²) < 4.78 is 10.7. The van der Waals surface area contributed by atoms with Crippen LogP contribution >= 0.6 is 0 Å². The second-order valence-electron chi connectivity index (χ2n) is 4.82. The Bertz CT molecular complexity index is 394. The van der Waals surface area contributed by atoms with Crippen LogP contribution in [-0.4, -0.2) is 35.2 Å². The average Bonchev–Trinajstić information content (AvgIpc) is 2.96. The van der Waals surface area contributed by atoms with Gasteiger partial charge in [-0.15, -0.1) is 4.98 Å². The van der Waals surface area contributed by atoms with E-state index in [9.17, 15) is 0 Å². The molecule has 6 heteroatoms. The number of rotatable bonds is 7. The van der Waals surface area contributed by atoms with Crippen LogP contribution in [0.15, 0.2) is 0 Å². The van der Waals surface area contributed by atoms with Crippen LogP contribution in [0.2, 0.25) is 0 Å². The highest BCUT2D eigenvalue weighted by Gasteiger charge is 2.17. The zero-order valence-electron chi connectivity index (χ0n) is 11.7. The van der Waals surface area contributed by atoms with Crippen molar-refractivity contribution in [1.82, 2.24) is 15.0 Å². The maximum absolute atomic E-state index is 5.67. The summed E-state index contributed by atoms with van der Waals surface area (Å²) in [6, 6.07) is 0.632. The molecule has 19 heavy (non-hydrogen) atoms. The van der Waals surface area contributed by atoms with E-state index in [4.69, 9.17) is 9.47 Å². The normalized spacial score (nSPS) is 15.5. The fraction of sp³-hybridized carbons (Fsp3) is 0.769. The fourth-order valence-corrected chi connectivity index (χ4v) is 2.18. The third-order valence-corrected chi connectivity index (χ3v) is 3.23. The summed E-state index contributed by atoms with van der Waals surface area (Å²) in [5, 5.41) is 3.12. The van der Waals surface area contributed by atoms with Gasteiger partial charge in [0.2, 0.25) is 5.95 Å². The van der Waals surface area contributed by atoms with E-state index in [-0.39, 0.29) is 6.01 Å². The Labute approximate surface area is 114 Å². The molecule has 0 spiro atoms. The number of ether oxygens (including phenoxy) is 2. The minimum absolute atomic E-state index is 0.287. The molecule has 0 amide bonds. The van der Waals surface area contributed by atoms with Crippen molar-refractivity contribution in [3.8, 4) is 12.0 Å². The Balaban J connectivity index is 1.96. The Hall–Kier alpha value is -1.59. The summed E-state index contributed by atoms with van der Waals surface area (Å²) in [7, 11) is 1.54. The van der Waals surface area contributed by atoms with Crippen LogP contribution in [0.4, 0.5) is 5.95 Å². The van der Waals surface area contributed by atoms with Crippen molar-refractivity contribution in [2.75, 3.05) is 25.6 Å². The Morgan fingerprint density at radius 3 is 2.58 bits per heavy atom. The molecule has 6 nitrogen and oxygen atoms in total. The van der Waals surface area contributed by atoms with Gasteiger partial charge in [-0.3, -0.25) is 0 Å². The highest BCUT2D eigenvalue weighted by molar-refractivity contribution is 5.27. The van der Waals surface area contributed by atoms with Gasteiger partial charge in [0.05, 0.1) is 13.7 Å². The van der Waals surface area contributed by atoms with E-state index in [1.165, 1.54) is 25.7 Å². The quantitative estimate of drug-likeness (QED) is 0.816. The Morgan fingerprint density at radius 2 is 1.89 bits per heavy atom. The first kappa shape index (κ1) is 13.8. The number of hydrogen-bond acceptors (Lipinski definition) is 6. The first-order valence-electron chi connectivity index (χ1n) is 6.98. The summed E-state index contributed by atoms with van der Waals surface area (Å²) in [6.45, 7) is 3.58. The van der Waals surface area contributed by atoms with Gasteiger partial charge in [0.15, 0.2) is 0 Å². The molecule has 0 aliphatic heterocycles. The number of nitrogens with one attached hydrogen (secondary N) is 1. The topological polar surface area (TPSA) is 69.2 Å². The molecule has 2 rings (SSSR count). The van der Waals surface area contributed by atoms with Gasteiger partial charge < -0.3 is 14.8 Å². The van der Waals surface area contributed by atoms with E-state index in [0.29, 0.717) is 24.5 Å². The van der Waals surface area contributed by atoms with Gasteiger partial charge in [-0.1, -0.05) is 19.8 Å². The van der Waals surface area contributed by atoms with Gasteiger partial charge in [0.1, 0.15) is 0 Å². The first-order valence-corrected chi connectivity index (χ1v) is 6.98. The van der Waals surface area contributed by atoms with Crippen molar-refractivity contribution in [1.29, 1.82) is 0 Å². The SMILES string of the molecule is CCCNc1nc(OC)nc(OCC2CCCC2)n1. The van der Waals surface area contributed by atoms with E-state index >= 15 is 0 Å². The van der Waals surface area contributed by atoms with Gasteiger partial charge in [0, 0.05) is 6.54 Å². The summed E-state index contributed by atoms with van der Waals surface area (Å²) in [5.41, 5.74) is 0. The number of nitrogens with zero attached hydrogens (tertiary/aromatic N) is 3. The maximum atomic E-state index is 5.67. The van der Waals surface area contributed by atoms with Crippen LogP contribution in [-0.2, 0) is 0 Å². The lowest BCUT2D eigenvalue weighted by molar-refractivity contribution is 0.229. The smallest absolute Gasteiger partial charge is 0.324 e. The maximum Gasteiger partial charge on any atom is 0.324 e. The summed E-state index contributed by atoms with van der Waals surface area (Å²) in [4.78, 5) is 12.5. The lowest BCUT2D eigenvalue weighted by Gasteiger charge is -2.11. The molecular weight excluding hydrogens is 244 g/mol. The predicted molar refractivity (Wildman–Crippen MR) is 72.6 cm³/mol. The standard InChI is InChI=1S/C13H22N4O2/c1-3-8-14-11-15-12(18-2)17-13(16-11)19-9-10-6-4-5-7-10/h10H,3-9H2,1-2H3,(H,14,15,16,17). The molecule has 1 N–H and O–H groups in total. The van der Waals surface area contributed by atoms with Gasteiger partial charge in [-0.25, -0.2) is 0 Å². The molecule has 0 bridgehead atoms. The molecule has 1 aliphatic rings. The Morgan fingerprint density at radius 1 is 1.16 bits per heavy atom. The highest BCUT2D eigenvalue weighted by atomic mass is 16.5. The third kappa shape index (κ3) is 4.22. The Kier molecular flexibility index (Phi) is 5.18. The number of hydrogen-bond donors (Lipinski definition) is 1. The van der Waals surface area contributed by atoms with Gasteiger partial charge in [0.25, 0.3) is 0 Å². The van der Waals surface area contributed by atoms with E-state index in [2.05, 4.69) is 27.2 Å². The van der Waals surface area contributed by atoms with E-state index in [1.54, 1.807) is 7.11 Å². The zero-order chi connectivity index (χ0) is 13.5. The van der Waals surface area contributed by atoms with Gasteiger partial charge in [-0.05, 0) is 25.2 Å². The van der Waals surface area contributed by atoms with Crippen molar-refractivity contribution in [2.45, 2.75) is 39.0 Å². The van der Waals surface area contributed by atoms with Crippen molar-refractivity contribution < 1.29 is 9.47 Å². The van der Waals surface area contributed by atoms with Crippen LogP contribution in [0.25, 0.3) is 0 Å². The number of anilines is 1. The predicted octanol–water partition coefficient (Wildman–Crippen LogP) is 2.27. The summed E-state index contributed by atoms with van der Waals surface area (Å²) in [6.07, 6.45) is 6.09. The second kappa shape index (κ2) is 7.11. The second-order valence-corrected chi connectivity index (χ2v) is 4.82. The molecule has 0 aromatic carbocycles. The molecule has 1 heterocycles. The van der Waals surface area contributed by atoms with Crippen molar-refractivity contribution in [3.63, 3.8) is 0 Å². The van der Waals surface area contributed by atoms with Crippen LogP contribution in [0.3, 0.4) is 0 Å². The van der Waals surface area contributed by atoms with Crippen molar-refractivity contribution in [3.05, 3.63) is 0 Å². The van der Waals surface area contributed by atoms with Crippen LogP contribution in [0, 0.1) is 5.92 Å². The monoisotopic (exact) mass is 266 g/mol. The molecule has 1 fully saturated rings. The summed E-state index contributed by atoms with van der Waals surface area (Å²) >= 11 is 0. The van der Waals surface area contributed by atoms with Crippen molar-refractivity contribution in [2.24, 2.45) is 5.92 Å². The number of methoxy groups -OCH3 is 1. The van der Waals surface area contributed by atoms with Crippen LogP contribution in [0.1, 0.15) is 39.0 Å². The lowest BCUT2D eigenvalue weighted by atomic mass is 10.1. The molecule has 0 atom stereocenters. The average molecular weight is 266 g/mol. The molecule has 0 radical (unpaired) electrons. The molecular formula is C13H22N4O2. The van der Waals surface area contributed by atoms with E-state index < -0.39 is 0 Å². The minimum atomic E-state index is 0.287. The summed E-state index contributed by atoms with van der Waals surface area (Å²) in [5.74, 6) is 1.14. The molecule has 1 aromatic rings. The highest BCUT2D eigenvalue weighted by Crippen LogP contribution is 2.25. The first-order chi connectivity index (χ1) is 9.31. The fourth-order valence-electron chi connectivity index (χ4n) is 2.18. The van der Waals surface area contributed by atoms with Crippen LogP contribution in [0.5, 0.6) is 12.0 Å². The lowest BCUT2D eigenvalue weighted by Crippen LogP contribution is -2.12. The molecule has 1 saturated carbocycles. The molecule has 1 aromatic heterocycles. The van der Waals surface area contributed by atoms with Gasteiger partial charge >= 0.3 is 12.0 Å². The zero-order valence-corrected chi connectivity index (χ0v) is 11.7. The largest absolute Gasteiger partial charge is 0.467 e. The van der Waals surface area contributed by atoms with E-state index in [0.717, 1.165) is 13.0 Å². The molecule has 1 aliphatic carbocycles. The molecule has 0 saturated heterocycles. The molecule has 106 valence electrons. The van der Waals surface area contributed by atoms with Crippen LogP contribution < -0.4 is 14.8 Å².